The van der Waals surface area contributed by atoms with Crippen LogP contribution in [0.4, 0.5) is 0 Å². The van der Waals surface area contributed by atoms with Crippen LogP contribution >= 0.6 is 0 Å². The molecule has 2 rings (SSSR count). The summed E-state index contributed by atoms with van der Waals surface area (Å²) < 4.78 is 0. The topological polar surface area (TPSA) is 67.6 Å². The van der Waals surface area contributed by atoms with E-state index in [1.807, 2.05) is 6.92 Å². The fourth-order valence-corrected chi connectivity index (χ4v) is 3.39. The molecule has 0 unspecified atom stereocenters. The van der Waals surface area contributed by atoms with Gasteiger partial charge in [-0.3, -0.25) is 9.69 Å². The zero-order valence-electron chi connectivity index (χ0n) is 13.3. The third-order valence-corrected chi connectivity index (χ3v) is 5.20. The first-order valence-electron chi connectivity index (χ1n) is 8.01. The summed E-state index contributed by atoms with van der Waals surface area (Å²) in [6.07, 6.45) is 6.20. The van der Waals surface area contributed by atoms with Crippen LogP contribution in [0.1, 0.15) is 51.9 Å². The van der Waals surface area contributed by atoms with Crippen molar-refractivity contribution in [2.75, 3.05) is 26.7 Å². The Bertz CT molecular complexity index is 412. The van der Waals surface area contributed by atoms with E-state index < -0.39 is 11.1 Å². The number of hydrogen-bond donors (Lipinski definition) is 1. The van der Waals surface area contributed by atoms with E-state index in [4.69, 9.17) is 0 Å². The van der Waals surface area contributed by atoms with Crippen molar-refractivity contribution in [1.29, 1.82) is 5.26 Å². The summed E-state index contributed by atoms with van der Waals surface area (Å²) in [5.74, 6) is 0.0278. The molecule has 1 N–H and O–H groups in total. The number of hydrogen-bond acceptors (Lipinski definition) is 4. The van der Waals surface area contributed by atoms with E-state index >= 15 is 0 Å². The molecule has 0 spiro atoms. The number of nitrogens with zero attached hydrogens (tertiary/aromatic N) is 3. The molecule has 1 saturated heterocycles. The number of aliphatic hydroxyl groups is 1. The zero-order chi connectivity index (χ0) is 15.5. The highest BCUT2D eigenvalue weighted by atomic mass is 16.3. The first-order valence-corrected chi connectivity index (χ1v) is 8.01. The molecular weight excluding hydrogens is 266 g/mol. The molecule has 1 heterocycles. The molecule has 1 aliphatic heterocycles. The average molecular weight is 293 g/mol. The van der Waals surface area contributed by atoms with Crippen molar-refractivity contribution in [2.45, 2.75) is 63.0 Å². The fourth-order valence-electron chi connectivity index (χ4n) is 3.39. The summed E-state index contributed by atoms with van der Waals surface area (Å²) in [6.45, 7) is 3.69. The molecule has 21 heavy (non-hydrogen) atoms. The molecular formula is C16H27N3O2. The Morgan fingerprint density at radius 3 is 2.33 bits per heavy atom. The second-order valence-corrected chi connectivity index (χ2v) is 6.93. The third-order valence-electron chi connectivity index (χ3n) is 5.20. The van der Waals surface area contributed by atoms with Crippen LogP contribution in [0.15, 0.2) is 0 Å². The lowest BCUT2D eigenvalue weighted by Crippen LogP contribution is -2.54. The minimum atomic E-state index is -0.601. The second-order valence-electron chi connectivity index (χ2n) is 6.93. The highest BCUT2D eigenvalue weighted by molar-refractivity contribution is 5.79. The first kappa shape index (κ1) is 16.3. The van der Waals surface area contributed by atoms with E-state index in [9.17, 15) is 15.2 Å². The van der Waals surface area contributed by atoms with Gasteiger partial charge in [-0.05, 0) is 32.6 Å². The Balaban J connectivity index is 1.92. The van der Waals surface area contributed by atoms with Gasteiger partial charge in [0.1, 0.15) is 5.54 Å². The SMILES string of the molecule is CN(C(=O)CN1CCC(C)(O)CC1)C1(C#N)CCCCC1. The lowest BCUT2D eigenvalue weighted by Gasteiger charge is -2.41. The molecule has 0 atom stereocenters. The van der Waals surface area contributed by atoms with E-state index in [2.05, 4.69) is 11.0 Å². The number of amides is 1. The van der Waals surface area contributed by atoms with E-state index in [0.717, 1.165) is 45.2 Å². The Hall–Kier alpha value is -1.12. The van der Waals surface area contributed by atoms with Crippen LogP contribution in [0.2, 0.25) is 0 Å². The molecule has 0 bridgehead atoms. The Kier molecular flexibility index (Phi) is 4.90. The molecule has 1 amide bonds. The van der Waals surface area contributed by atoms with Gasteiger partial charge >= 0.3 is 0 Å². The van der Waals surface area contributed by atoms with Crippen molar-refractivity contribution in [3.05, 3.63) is 0 Å². The van der Waals surface area contributed by atoms with Crippen molar-refractivity contribution >= 4 is 5.91 Å². The molecule has 2 fully saturated rings. The number of rotatable bonds is 3. The predicted octanol–water partition coefficient (Wildman–Crippen LogP) is 1.52. The highest BCUT2D eigenvalue weighted by Crippen LogP contribution is 2.32. The molecule has 0 aromatic heterocycles. The Labute approximate surface area is 127 Å². The smallest absolute Gasteiger partial charge is 0.237 e. The summed E-state index contributed by atoms with van der Waals surface area (Å²) in [4.78, 5) is 16.3. The first-order chi connectivity index (χ1) is 9.88. The van der Waals surface area contributed by atoms with Crippen LogP contribution in [-0.4, -0.2) is 58.6 Å². The maximum Gasteiger partial charge on any atom is 0.237 e. The lowest BCUT2D eigenvalue weighted by atomic mass is 9.81. The average Bonchev–Trinajstić information content (AvgIpc) is 2.49. The molecule has 118 valence electrons. The molecule has 0 aromatic carbocycles. The summed E-state index contributed by atoms with van der Waals surface area (Å²) >= 11 is 0. The Morgan fingerprint density at radius 1 is 1.24 bits per heavy atom. The fraction of sp³-hybridized carbons (Fsp3) is 0.875. The van der Waals surface area contributed by atoms with Gasteiger partial charge < -0.3 is 10.0 Å². The van der Waals surface area contributed by atoms with Gasteiger partial charge in [-0.2, -0.15) is 5.26 Å². The van der Waals surface area contributed by atoms with Crippen molar-refractivity contribution in [2.24, 2.45) is 0 Å². The van der Waals surface area contributed by atoms with Crippen LogP contribution in [0.25, 0.3) is 0 Å². The van der Waals surface area contributed by atoms with Gasteiger partial charge in [0.25, 0.3) is 0 Å². The largest absolute Gasteiger partial charge is 0.390 e. The Morgan fingerprint density at radius 2 is 1.81 bits per heavy atom. The second kappa shape index (κ2) is 6.33. The predicted molar refractivity (Wildman–Crippen MR) is 80.5 cm³/mol. The molecule has 1 aliphatic carbocycles. The van der Waals surface area contributed by atoms with E-state index in [-0.39, 0.29) is 5.91 Å². The number of piperidine rings is 1. The van der Waals surface area contributed by atoms with Crippen LogP contribution < -0.4 is 0 Å². The summed E-state index contributed by atoms with van der Waals surface area (Å²) in [5, 5.41) is 19.5. The molecule has 0 radical (unpaired) electrons. The molecule has 0 aromatic rings. The number of nitriles is 1. The molecule has 5 heteroatoms. The number of likely N-dealkylation sites (tertiary alicyclic amines) is 1. The number of carbonyl (C=O) groups is 1. The van der Waals surface area contributed by atoms with Gasteiger partial charge in [-0.15, -0.1) is 0 Å². The normalized spacial score (nSPS) is 25.0. The van der Waals surface area contributed by atoms with E-state index in [0.29, 0.717) is 19.4 Å². The molecule has 5 nitrogen and oxygen atoms in total. The molecule has 2 aliphatic rings. The van der Waals surface area contributed by atoms with E-state index in [1.54, 1.807) is 11.9 Å². The maximum atomic E-state index is 12.5. The van der Waals surface area contributed by atoms with Crippen LogP contribution in [0.5, 0.6) is 0 Å². The highest BCUT2D eigenvalue weighted by Gasteiger charge is 2.39. The monoisotopic (exact) mass is 293 g/mol. The standard InChI is InChI=1S/C16H27N3O2/c1-15(21)8-10-19(11-9-15)12-14(20)18(2)16(13-17)6-4-3-5-7-16/h21H,3-12H2,1-2H3. The van der Waals surface area contributed by atoms with Gasteiger partial charge in [0.15, 0.2) is 0 Å². The van der Waals surface area contributed by atoms with Crippen molar-refractivity contribution < 1.29 is 9.90 Å². The summed E-state index contributed by atoms with van der Waals surface area (Å²) in [5.41, 5.74) is -1.20. The maximum absolute atomic E-state index is 12.5. The van der Waals surface area contributed by atoms with Gasteiger partial charge in [0.2, 0.25) is 5.91 Å². The third kappa shape index (κ3) is 3.75. The van der Waals surface area contributed by atoms with Crippen molar-refractivity contribution in [3.63, 3.8) is 0 Å². The molecule has 1 saturated carbocycles. The van der Waals surface area contributed by atoms with Crippen LogP contribution in [0, 0.1) is 11.3 Å². The summed E-state index contributed by atoms with van der Waals surface area (Å²) in [7, 11) is 1.77. The minimum Gasteiger partial charge on any atom is -0.390 e. The summed E-state index contributed by atoms with van der Waals surface area (Å²) in [6, 6.07) is 2.39. The van der Waals surface area contributed by atoms with Gasteiger partial charge in [-0.1, -0.05) is 19.3 Å². The van der Waals surface area contributed by atoms with Gasteiger partial charge in [0.05, 0.1) is 18.2 Å². The van der Waals surface area contributed by atoms with Crippen molar-refractivity contribution in [1.82, 2.24) is 9.80 Å². The van der Waals surface area contributed by atoms with Gasteiger partial charge in [0, 0.05) is 20.1 Å². The number of carbonyl (C=O) groups excluding carboxylic acids is 1. The van der Waals surface area contributed by atoms with Crippen LogP contribution in [-0.2, 0) is 4.79 Å². The zero-order valence-corrected chi connectivity index (χ0v) is 13.3. The lowest BCUT2D eigenvalue weighted by molar-refractivity contribution is -0.137. The quantitative estimate of drug-likeness (QED) is 0.856. The number of likely N-dealkylation sites (N-methyl/N-ethyl adjacent to an activating group) is 1. The van der Waals surface area contributed by atoms with Gasteiger partial charge in [-0.25, -0.2) is 0 Å². The van der Waals surface area contributed by atoms with Crippen molar-refractivity contribution in [3.8, 4) is 6.07 Å². The van der Waals surface area contributed by atoms with Crippen LogP contribution in [0.3, 0.4) is 0 Å². The minimum absolute atomic E-state index is 0.0278. The van der Waals surface area contributed by atoms with E-state index in [1.165, 1.54) is 0 Å².